The first-order valence-electron chi connectivity index (χ1n) is 10.6. The summed E-state index contributed by atoms with van der Waals surface area (Å²) in [4.78, 5) is 2.55. The molecular weight excluding hydrogens is 374 g/mol. The zero-order chi connectivity index (χ0) is 20.7. The average molecular weight is 402 g/mol. The number of rotatable bonds is 4. The van der Waals surface area contributed by atoms with E-state index < -0.39 is 0 Å². The molecule has 30 heavy (non-hydrogen) atoms. The molecule has 0 fully saturated rings. The van der Waals surface area contributed by atoms with Crippen molar-refractivity contribution < 1.29 is 14.9 Å². The normalized spacial score (nSPS) is 20.2. The van der Waals surface area contributed by atoms with E-state index in [9.17, 15) is 10.2 Å². The Morgan fingerprint density at radius 2 is 1.83 bits per heavy atom. The number of phenolic OH excluding ortho intramolecular Hbond substituents is 1. The molecule has 0 bridgehead atoms. The molecule has 0 spiro atoms. The Morgan fingerprint density at radius 1 is 1.00 bits per heavy atom. The molecule has 0 unspecified atom stereocenters. The average Bonchev–Trinajstić information content (AvgIpc) is 2.79. The van der Waals surface area contributed by atoms with Crippen LogP contribution < -0.4 is 4.74 Å². The molecule has 0 saturated carbocycles. The molecule has 2 atom stereocenters. The van der Waals surface area contributed by atoms with Crippen LogP contribution in [-0.2, 0) is 25.9 Å². The van der Waals surface area contributed by atoms with Gasteiger partial charge < -0.3 is 14.9 Å². The van der Waals surface area contributed by atoms with Crippen LogP contribution in [-0.4, -0.2) is 28.8 Å². The zero-order valence-electron chi connectivity index (χ0n) is 17.2. The van der Waals surface area contributed by atoms with E-state index in [-0.39, 0.29) is 24.4 Å². The minimum atomic E-state index is 0.0782. The molecule has 0 aromatic heterocycles. The molecule has 2 aliphatic rings. The van der Waals surface area contributed by atoms with Crippen LogP contribution in [0, 0.1) is 0 Å². The molecule has 3 aromatic carbocycles. The van der Waals surface area contributed by atoms with E-state index in [1.807, 2.05) is 18.2 Å². The van der Waals surface area contributed by atoms with Crippen molar-refractivity contribution in [2.45, 2.75) is 38.0 Å². The van der Waals surface area contributed by atoms with Gasteiger partial charge in [0.25, 0.3) is 0 Å². The Kier molecular flexibility index (Phi) is 4.97. The number of aromatic hydroxyl groups is 1. The van der Waals surface area contributed by atoms with Crippen molar-refractivity contribution in [3.63, 3.8) is 0 Å². The van der Waals surface area contributed by atoms with Gasteiger partial charge in [0.1, 0.15) is 0 Å². The van der Waals surface area contributed by atoms with Gasteiger partial charge in [0.15, 0.2) is 11.5 Å². The van der Waals surface area contributed by atoms with E-state index in [0.717, 1.165) is 36.9 Å². The summed E-state index contributed by atoms with van der Waals surface area (Å²) in [5.74, 6) is 0.811. The van der Waals surface area contributed by atoms with Crippen molar-refractivity contribution in [2.75, 3.05) is 13.7 Å². The molecule has 0 aliphatic carbocycles. The maximum absolute atomic E-state index is 11.1. The summed E-state index contributed by atoms with van der Waals surface area (Å²) in [7, 11) is 1.61. The third-order valence-corrected chi connectivity index (χ3v) is 6.70. The predicted octanol–water partition coefficient (Wildman–Crippen LogP) is 4.33. The van der Waals surface area contributed by atoms with Gasteiger partial charge in [-0.15, -0.1) is 0 Å². The molecule has 0 amide bonds. The second-order valence-electron chi connectivity index (χ2n) is 8.29. The molecule has 2 N–H and O–H groups in total. The lowest BCUT2D eigenvalue weighted by atomic mass is 9.78. The topological polar surface area (TPSA) is 52.9 Å². The Bertz CT molecular complexity index is 1060. The van der Waals surface area contributed by atoms with Gasteiger partial charge in [-0.25, -0.2) is 0 Å². The van der Waals surface area contributed by atoms with Gasteiger partial charge in [-0.3, -0.25) is 4.90 Å². The zero-order valence-corrected chi connectivity index (χ0v) is 17.2. The highest BCUT2D eigenvalue weighted by atomic mass is 16.5. The van der Waals surface area contributed by atoms with E-state index >= 15 is 0 Å². The lowest BCUT2D eigenvalue weighted by molar-refractivity contribution is 0.104. The number of ether oxygens (including phenoxy) is 1. The van der Waals surface area contributed by atoms with Crippen LogP contribution in [0.25, 0.3) is 0 Å². The van der Waals surface area contributed by atoms with E-state index in [4.69, 9.17) is 4.74 Å². The molecule has 3 aromatic rings. The largest absolute Gasteiger partial charge is 0.504 e. The number of aliphatic hydroxyl groups is 1. The minimum Gasteiger partial charge on any atom is -0.504 e. The summed E-state index contributed by atoms with van der Waals surface area (Å²) in [5, 5.41) is 20.6. The molecule has 4 nitrogen and oxygen atoms in total. The van der Waals surface area contributed by atoms with Crippen LogP contribution in [0.2, 0.25) is 0 Å². The minimum absolute atomic E-state index is 0.0782. The van der Waals surface area contributed by atoms with Gasteiger partial charge in [0.2, 0.25) is 0 Å². The van der Waals surface area contributed by atoms with Crippen molar-refractivity contribution in [1.29, 1.82) is 0 Å². The summed E-state index contributed by atoms with van der Waals surface area (Å²) in [6.45, 7) is 1.01. The summed E-state index contributed by atoms with van der Waals surface area (Å²) in [6.07, 6.45) is 2.66. The first kappa shape index (κ1) is 19.2. The van der Waals surface area contributed by atoms with Gasteiger partial charge in [0.05, 0.1) is 13.7 Å². The van der Waals surface area contributed by atoms with Crippen LogP contribution in [0.15, 0.2) is 60.7 Å². The fourth-order valence-electron chi connectivity index (χ4n) is 5.26. The van der Waals surface area contributed by atoms with Gasteiger partial charge >= 0.3 is 0 Å². The number of methoxy groups -OCH3 is 1. The van der Waals surface area contributed by atoms with Crippen molar-refractivity contribution in [2.24, 2.45) is 0 Å². The highest BCUT2D eigenvalue weighted by Crippen LogP contribution is 2.49. The Morgan fingerprint density at radius 3 is 2.60 bits per heavy atom. The van der Waals surface area contributed by atoms with E-state index in [2.05, 4.69) is 47.4 Å². The highest BCUT2D eigenvalue weighted by Gasteiger charge is 2.40. The van der Waals surface area contributed by atoms with Crippen LogP contribution in [0.3, 0.4) is 0 Å². The SMILES string of the molecule is COc1ccc2c(c1O)[C@@H](Cc1ccccc1)N1CCc3cc(CO)ccc3[C@@H]1C2. The van der Waals surface area contributed by atoms with Crippen molar-refractivity contribution in [3.8, 4) is 11.5 Å². The molecular formula is C26H27NO3. The Hall–Kier alpha value is -2.82. The van der Waals surface area contributed by atoms with E-state index in [0.29, 0.717) is 5.75 Å². The Balaban J connectivity index is 1.62. The molecule has 154 valence electrons. The molecule has 5 rings (SSSR count). The maximum Gasteiger partial charge on any atom is 0.162 e. The number of phenols is 1. The maximum atomic E-state index is 11.1. The first-order chi connectivity index (χ1) is 14.7. The van der Waals surface area contributed by atoms with E-state index in [1.165, 1.54) is 22.3 Å². The molecule has 0 radical (unpaired) electrons. The molecule has 0 saturated heterocycles. The standard InChI is InChI=1S/C26H27NO3/c1-30-24-10-8-20-15-22-21-9-7-18(16-28)13-19(21)11-12-27(22)23(25(20)26(24)29)14-17-5-3-2-4-6-17/h2-10,13,22-23,28-29H,11-12,14-16H2,1H3/t22-,23+/m0/s1. The lowest BCUT2D eigenvalue weighted by Crippen LogP contribution is -2.43. The molecule has 4 heteroatoms. The van der Waals surface area contributed by atoms with E-state index in [1.54, 1.807) is 7.11 Å². The summed E-state index contributed by atoms with van der Waals surface area (Å²) >= 11 is 0. The summed E-state index contributed by atoms with van der Waals surface area (Å²) in [5.41, 5.74) is 7.11. The van der Waals surface area contributed by atoms with Gasteiger partial charge in [-0.1, -0.05) is 54.6 Å². The monoisotopic (exact) mass is 401 g/mol. The number of nitrogens with zero attached hydrogens (tertiary/aromatic N) is 1. The molecule has 2 heterocycles. The quantitative estimate of drug-likeness (QED) is 0.683. The lowest BCUT2D eigenvalue weighted by Gasteiger charge is -2.47. The fraction of sp³-hybridized carbons (Fsp3) is 0.308. The summed E-state index contributed by atoms with van der Waals surface area (Å²) in [6, 6.07) is 21.2. The fourth-order valence-corrected chi connectivity index (χ4v) is 5.26. The van der Waals surface area contributed by atoms with Crippen LogP contribution >= 0.6 is 0 Å². The number of hydrogen-bond donors (Lipinski definition) is 2. The number of fused-ring (bicyclic) bond motifs is 4. The van der Waals surface area contributed by atoms with Crippen LogP contribution in [0.5, 0.6) is 11.5 Å². The van der Waals surface area contributed by atoms with Crippen molar-refractivity contribution in [3.05, 3.63) is 94.0 Å². The second-order valence-corrected chi connectivity index (χ2v) is 8.29. The van der Waals surface area contributed by atoms with Crippen molar-refractivity contribution >= 4 is 0 Å². The third-order valence-electron chi connectivity index (χ3n) is 6.70. The summed E-state index contributed by atoms with van der Waals surface area (Å²) < 4.78 is 5.44. The van der Waals surface area contributed by atoms with Gasteiger partial charge in [-0.05, 0) is 53.1 Å². The van der Waals surface area contributed by atoms with Crippen molar-refractivity contribution in [1.82, 2.24) is 4.90 Å². The highest BCUT2D eigenvalue weighted by molar-refractivity contribution is 5.54. The van der Waals surface area contributed by atoms with Gasteiger partial charge in [-0.2, -0.15) is 0 Å². The third kappa shape index (κ3) is 3.17. The number of benzene rings is 3. The predicted molar refractivity (Wildman–Crippen MR) is 117 cm³/mol. The van der Waals surface area contributed by atoms with Crippen LogP contribution in [0.4, 0.5) is 0 Å². The number of aliphatic hydroxyl groups excluding tert-OH is 1. The molecule has 2 aliphatic heterocycles. The first-order valence-corrected chi connectivity index (χ1v) is 10.6. The van der Waals surface area contributed by atoms with Gasteiger partial charge in [0, 0.05) is 24.2 Å². The second kappa shape index (κ2) is 7.78. The number of hydrogen-bond acceptors (Lipinski definition) is 4. The van der Waals surface area contributed by atoms with Crippen LogP contribution in [0.1, 0.15) is 45.5 Å². The Labute approximate surface area is 177 Å². The smallest absolute Gasteiger partial charge is 0.162 e.